The number of nitrogens with zero attached hydrogens (tertiary/aromatic N) is 1. The summed E-state index contributed by atoms with van der Waals surface area (Å²) in [6.07, 6.45) is 1.42. The maximum Gasteiger partial charge on any atom is 0.123 e. The van der Waals surface area contributed by atoms with Crippen molar-refractivity contribution in [3.63, 3.8) is 0 Å². The molecule has 1 nitrogen and oxygen atoms in total. The predicted octanol–water partition coefficient (Wildman–Crippen LogP) is 4.86. The Kier molecular flexibility index (Phi) is 4.98. The van der Waals surface area contributed by atoms with Gasteiger partial charge in [-0.15, -0.1) is 0 Å². The van der Waals surface area contributed by atoms with Crippen molar-refractivity contribution in [2.75, 3.05) is 0 Å². The van der Waals surface area contributed by atoms with E-state index in [2.05, 4.69) is 22.0 Å². The minimum Gasteiger partial charge on any atom is -0.207 e. The molecule has 1 aromatic carbocycles. The maximum atomic E-state index is 13.1. The van der Waals surface area contributed by atoms with Gasteiger partial charge in [-0.05, 0) is 24.6 Å². The van der Waals surface area contributed by atoms with Crippen LogP contribution in [0.25, 0.3) is 5.03 Å². The Hall–Kier alpha value is -0.850. The summed E-state index contributed by atoms with van der Waals surface area (Å²) < 4.78 is 13.8. The first-order chi connectivity index (χ1) is 7.60. The van der Waals surface area contributed by atoms with Crippen molar-refractivity contribution >= 4 is 32.6 Å². The molecule has 0 aliphatic heterocycles. The Morgan fingerprint density at radius 1 is 1.56 bits per heavy atom. The van der Waals surface area contributed by atoms with Crippen molar-refractivity contribution < 1.29 is 4.39 Å². The van der Waals surface area contributed by atoms with Crippen molar-refractivity contribution in [3.8, 4) is 6.07 Å². The lowest BCUT2D eigenvalue weighted by molar-refractivity contribution is 0.627. The van der Waals surface area contributed by atoms with Gasteiger partial charge in [-0.2, -0.15) is 5.26 Å². The topological polar surface area (TPSA) is 23.8 Å². The molecule has 0 unspecified atom stereocenters. The number of benzene rings is 1. The summed E-state index contributed by atoms with van der Waals surface area (Å²) in [6.45, 7) is 1.96. The highest BCUT2D eigenvalue weighted by Crippen LogP contribution is 2.31. The lowest BCUT2D eigenvalue weighted by Crippen LogP contribution is -1.88. The summed E-state index contributed by atoms with van der Waals surface area (Å²) in [5, 5.41) is 9.26. The van der Waals surface area contributed by atoms with Crippen molar-refractivity contribution in [2.45, 2.75) is 19.8 Å². The van der Waals surface area contributed by atoms with Gasteiger partial charge in [0.15, 0.2) is 0 Å². The second kappa shape index (κ2) is 6.03. The monoisotopic (exact) mass is 301 g/mol. The standard InChI is InChI=1S/C12H10BrClFN/c1-2-3-8(7-16)12(14)10-6-9(15)4-5-11(10)13/h4-6H,2-3H2,1H3. The molecule has 1 rings (SSSR count). The quantitative estimate of drug-likeness (QED) is 0.731. The molecule has 0 aliphatic rings. The normalized spacial score (nSPS) is 11.9. The lowest BCUT2D eigenvalue weighted by atomic mass is 10.1. The van der Waals surface area contributed by atoms with Crippen LogP contribution in [0.2, 0.25) is 0 Å². The third-order valence-corrected chi connectivity index (χ3v) is 3.19. The second-order valence-corrected chi connectivity index (χ2v) is 4.51. The molecule has 0 aromatic heterocycles. The number of halogens is 3. The summed E-state index contributed by atoms with van der Waals surface area (Å²) in [6, 6.07) is 6.29. The largest absolute Gasteiger partial charge is 0.207 e. The van der Waals surface area contributed by atoms with Crippen molar-refractivity contribution in [3.05, 3.63) is 39.6 Å². The van der Waals surface area contributed by atoms with Gasteiger partial charge in [-0.3, -0.25) is 0 Å². The molecule has 0 atom stereocenters. The molecule has 0 aliphatic carbocycles. The Balaban J connectivity index is 3.27. The fourth-order valence-electron chi connectivity index (χ4n) is 1.29. The molecule has 0 radical (unpaired) electrons. The Bertz CT molecular complexity index is 463. The van der Waals surface area contributed by atoms with Gasteiger partial charge < -0.3 is 0 Å². The molecule has 84 valence electrons. The van der Waals surface area contributed by atoms with E-state index in [0.29, 0.717) is 27.1 Å². The Morgan fingerprint density at radius 3 is 2.81 bits per heavy atom. The average Bonchev–Trinajstić information content (AvgIpc) is 2.28. The SMILES string of the molecule is CCCC(C#N)=C(Cl)c1cc(F)ccc1Br. The first-order valence-electron chi connectivity index (χ1n) is 4.84. The van der Waals surface area contributed by atoms with Crippen LogP contribution in [0.15, 0.2) is 28.2 Å². The van der Waals surface area contributed by atoms with Crippen LogP contribution in [-0.2, 0) is 0 Å². The molecule has 0 amide bonds. The summed E-state index contributed by atoms with van der Waals surface area (Å²) in [4.78, 5) is 0. The first kappa shape index (κ1) is 13.2. The van der Waals surface area contributed by atoms with Gasteiger partial charge in [0, 0.05) is 15.6 Å². The Morgan fingerprint density at radius 2 is 2.25 bits per heavy atom. The molecule has 16 heavy (non-hydrogen) atoms. The van der Waals surface area contributed by atoms with Crippen LogP contribution in [0.3, 0.4) is 0 Å². The highest BCUT2D eigenvalue weighted by molar-refractivity contribution is 9.10. The molecular formula is C12H10BrClFN. The fourth-order valence-corrected chi connectivity index (χ4v) is 2.15. The van der Waals surface area contributed by atoms with Crippen LogP contribution in [0.1, 0.15) is 25.3 Å². The number of hydrogen-bond donors (Lipinski definition) is 0. The zero-order valence-electron chi connectivity index (χ0n) is 8.73. The first-order valence-corrected chi connectivity index (χ1v) is 6.01. The minimum absolute atomic E-state index is 0.315. The molecule has 0 fully saturated rings. The summed E-state index contributed by atoms with van der Waals surface area (Å²) >= 11 is 9.37. The second-order valence-electron chi connectivity index (χ2n) is 3.28. The molecule has 0 heterocycles. The van der Waals surface area contributed by atoms with Crippen LogP contribution in [0.5, 0.6) is 0 Å². The van der Waals surface area contributed by atoms with E-state index in [9.17, 15) is 4.39 Å². The van der Waals surface area contributed by atoms with E-state index in [-0.39, 0.29) is 5.82 Å². The summed E-state index contributed by atoms with van der Waals surface area (Å²) in [5.41, 5.74) is 1.00. The Labute approximate surface area is 108 Å². The van der Waals surface area contributed by atoms with Crippen LogP contribution in [0, 0.1) is 17.1 Å². The molecule has 1 aromatic rings. The number of allylic oxidation sites excluding steroid dienone is 1. The number of rotatable bonds is 3. The molecule has 0 bridgehead atoms. The third-order valence-electron chi connectivity index (χ3n) is 2.06. The van der Waals surface area contributed by atoms with E-state index in [4.69, 9.17) is 16.9 Å². The number of hydrogen-bond acceptors (Lipinski definition) is 1. The smallest absolute Gasteiger partial charge is 0.123 e. The van der Waals surface area contributed by atoms with Crippen LogP contribution in [0.4, 0.5) is 4.39 Å². The van der Waals surface area contributed by atoms with Gasteiger partial charge >= 0.3 is 0 Å². The highest BCUT2D eigenvalue weighted by Gasteiger charge is 2.10. The van der Waals surface area contributed by atoms with E-state index < -0.39 is 0 Å². The third kappa shape index (κ3) is 3.07. The van der Waals surface area contributed by atoms with Gasteiger partial charge in [0.25, 0.3) is 0 Å². The van der Waals surface area contributed by atoms with E-state index in [1.54, 1.807) is 6.07 Å². The van der Waals surface area contributed by atoms with E-state index in [1.165, 1.54) is 12.1 Å². The van der Waals surface area contributed by atoms with Crippen LogP contribution in [-0.4, -0.2) is 0 Å². The van der Waals surface area contributed by atoms with Gasteiger partial charge in [0.2, 0.25) is 0 Å². The molecule has 0 saturated heterocycles. The zero-order chi connectivity index (χ0) is 12.1. The maximum absolute atomic E-state index is 13.1. The molecule has 4 heteroatoms. The van der Waals surface area contributed by atoms with Crippen molar-refractivity contribution in [2.24, 2.45) is 0 Å². The van der Waals surface area contributed by atoms with E-state index >= 15 is 0 Å². The summed E-state index contributed by atoms with van der Waals surface area (Å²) in [7, 11) is 0. The van der Waals surface area contributed by atoms with Crippen molar-refractivity contribution in [1.82, 2.24) is 0 Å². The van der Waals surface area contributed by atoms with Gasteiger partial charge in [0.1, 0.15) is 5.82 Å². The van der Waals surface area contributed by atoms with E-state index in [1.807, 2.05) is 6.92 Å². The lowest BCUT2D eigenvalue weighted by Gasteiger charge is -2.05. The molecular weight excluding hydrogens is 292 g/mol. The van der Waals surface area contributed by atoms with Gasteiger partial charge in [-0.25, -0.2) is 4.39 Å². The fraction of sp³-hybridized carbons (Fsp3) is 0.250. The zero-order valence-corrected chi connectivity index (χ0v) is 11.1. The minimum atomic E-state index is -0.370. The predicted molar refractivity (Wildman–Crippen MR) is 67.4 cm³/mol. The van der Waals surface area contributed by atoms with E-state index in [0.717, 1.165) is 6.42 Å². The molecule has 0 spiro atoms. The van der Waals surface area contributed by atoms with Crippen molar-refractivity contribution in [1.29, 1.82) is 5.26 Å². The molecule has 0 N–H and O–H groups in total. The average molecular weight is 303 g/mol. The van der Waals surface area contributed by atoms with Gasteiger partial charge in [0.05, 0.1) is 11.1 Å². The summed E-state index contributed by atoms with van der Waals surface area (Å²) in [5.74, 6) is -0.370. The highest BCUT2D eigenvalue weighted by atomic mass is 79.9. The molecule has 0 saturated carbocycles. The van der Waals surface area contributed by atoms with Crippen LogP contribution < -0.4 is 0 Å². The number of nitriles is 1. The van der Waals surface area contributed by atoms with Crippen LogP contribution >= 0.6 is 27.5 Å². The van der Waals surface area contributed by atoms with Gasteiger partial charge in [-0.1, -0.05) is 40.9 Å².